The predicted octanol–water partition coefficient (Wildman–Crippen LogP) is 2.32. The Labute approximate surface area is 101 Å². The summed E-state index contributed by atoms with van der Waals surface area (Å²) in [5, 5.41) is 4.41. The van der Waals surface area contributed by atoms with E-state index < -0.39 is 0 Å². The first kappa shape index (κ1) is 10.5. The van der Waals surface area contributed by atoms with E-state index in [0.29, 0.717) is 5.92 Å². The van der Waals surface area contributed by atoms with Crippen LogP contribution in [0.3, 0.4) is 0 Å². The molecule has 1 aromatic heterocycles. The Morgan fingerprint density at radius 3 is 2.47 bits per heavy atom. The lowest BCUT2D eigenvalue weighted by Crippen LogP contribution is -2.06. The van der Waals surface area contributed by atoms with Gasteiger partial charge in [0.1, 0.15) is 0 Å². The molecule has 2 N–H and O–H groups in total. The van der Waals surface area contributed by atoms with Gasteiger partial charge in [0.15, 0.2) is 0 Å². The van der Waals surface area contributed by atoms with Gasteiger partial charge in [0, 0.05) is 18.2 Å². The number of benzene rings is 1. The molecule has 0 unspecified atom stereocenters. The largest absolute Gasteiger partial charge is 0.327 e. The van der Waals surface area contributed by atoms with Crippen molar-refractivity contribution >= 4 is 0 Å². The summed E-state index contributed by atoms with van der Waals surface area (Å²) in [5.41, 5.74) is 8.63. The van der Waals surface area contributed by atoms with Gasteiger partial charge in [0.2, 0.25) is 0 Å². The van der Waals surface area contributed by atoms with E-state index in [0.717, 1.165) is 5.69 Å². The lowest BCUT2D eigenvalue weighted by molar-refractivity contribution is 0.599. The Balaban J connectivity index is 1.90. The Morgan fingerprint density at radius 2 is 1.88 bits per heavy atom. The fourth-order valence-electron chi connectivity index (χ4n) is 2.53. The Kier molecular flexibility index (Phi) is 2.13. The second-order valence-corrected chi connectivity index (χ2v) is 5.38. The lowest BCUT2D eigenvalue weighted by atomic mass is 10.1. The van der Waals surface area contributed by atoms with Crippen LogP contribution in [0.2, 0.25) is 0 Å². The van der Waals surface area contributed by atoms with Crippen molar-refractivity contribution in [3.8, 4) is 5.69 Å². The lowest BCUT2D eigenvalue weighted by Gasteiger charge is -2.00. The molecule has 0 amide bonds. The van der Waals surface area contributed by atoms with Crippen LogP contribution < -0.4 is 5.73 Å². The molecule has 1 fully saturated rings. The average Bonchev–Trinajstić information content (AvgIpc) is 2.72. The summed E-state index contributed by atoms with van der Waals surface area (Å²) in [6, 6.07) is 10.4. The highest BCUT2D eigenvalue weighted by Gasteiger charge is 2.56. The summed E-state index contributed by atoms with van der Waals surface area (Å²) in [7, 11) is 0. The molecule has 2 aromatic rings. The SMILES string of the molecule is CC1(C)[C@@H](N)[C@@H]1c1cnn(-c2ccccc2)c1. The van der Waals surface area contributed by atoms with E-state index in [1.807, 2.05) is 29.1 Å². The van der Waals surface area contributed by atoms with Crippen LogP contribution in [-0.4, -0.2) is 15.8 Å². The summed E-state index contributed by atoms with van der Waals surface area (Å²) in [6.07, 6.45) is 4.03. The van der Waals surface area contributed by atoms with Crippen molar-refractivity contribution in [2.75, 3.05) is 0 Å². The van der Waals surface area contributed by atoms with Gasteiger partial charge >= 0.3 is 0 Å². The molecule has 1 aromatic carbocycles. The first-order chi connectivity index (χ1) is 8.10. The molecule has 0 radical (unpaired) electrons. The van der Waals surface area contributed by atoms with Crippen molar-refractivity contribution in [1.82, 2.24) is 9.78 Å². The molecule has 17 heavy (non-hydrogen) atoms. The standard InChI is InChI=1S/C14H17N3/c1-14(2)12(13(14)15)10-8-16-17(9-10)11-6-4-3-5-7-11/h3-9,12-13H,15H2,1-2H3/t12-,13-/m0/s1. The Bertz CT molecular complexity index is 527. The third-order valence-corrected chi connectivity index (χ3v) is 3.89. The van der Waals surface area contributed by atoms with Gasteiger partial charge in [-0.15, -0.1) is 0 Å². The van der Waals surface area contributed by atoms with Gasteiger partial charge in [-0.3, -0.25) is 0 Å². The molecule has 0 bridgehead atoms. The van der Waals surface area contributed by atoms with Gasteiger partial charge < -0.3 is 5.73 Å². The van der Waals surface area contributed by atoms with Crippen LogP contribution in [0, 0.1) is 5.41 Å². The summed E-state index contributed by atoms with van der Waals surface area (Å²) >= 11 is 0. The van der Waals surface area contributed by atoms with Crippen LogP contribution in [0.15, 0.2) is 42.7 Å². The molecule has 0 spiro atoms. The summed E-state index contributed by atoms with van der Waals surface area (Å²) < 4.78 is 1.91. The molecule has 1 saturated carbocycles. The van der Waals surface area contributed by atoms with E-state index in [-0.39, 0.29) is 11.5 Å². The van der Waals surface area contributed by atoms with Crippen LogP contribution in [0.4, 0.5) is 0 Å². The highest BCUT2D eigenvalue weighted by molar-refractivity contribution is 5.35. The monoisotopic (exact) mass is 227 g/mol. The molecule has 1 aliphatic rings. The first-order valence-corrected chi connectivity index (χ1v) is 5.96. The van der Waals surface area contributed by atoms with Crippen molar-refractivity contribution < 1.29 is 0 Å². The zero-order valence-corrected chi connectivity index (χ0v) is 10.2. The zero-order valence-electron chi connectivity index (χ0n) is 10.2. The smallest absolute Gasteiger partial charge is 0.0645 e. The minimum atomic E-state index is 0.213. The quantitative estimate of drug-likeness (QED) is 0.855. The van der Waals surface area contributed by atoms with Gasteiger partial charge in [0.05, 0.1) is 11.9 Å². The number of nitrogens with two attached hydrogens (primary N) is 1. The number of hydrogen-bond donors (Lipinski definition) is 1. The molecule has 1 heterocycles. The Morgan fingerprint density at radius 1 is 1.24 bits per heavy atom. The van der Waals surface area contributed by atoms with E-state index in [9.17, 15) is 0 Å². The highest BCUT2D eigenvalue weighted by atomic mass is 15.3. The zero-order chi connectivity index (χ0) is 12.0. The number of nitrogens with zero attached hydrogens (tertiary/aromatic N) is 2. The molecule has 3 heteroatoms. The molecule has 3 nitrogen and oxygen atoms in total. The van der Waals surface area contributed by atoms with Gasteiger partial charge in [-0.1, -0.05) is 32.0 Å². The van der Waals surface area contributed by atoms with Crippen LogP contribution in [0.1, 0.15) is 25.3 Å². The molecule has 88 valence electrons. The predicted molar refractivity (Wildman–Crippen MR) is 68.1 cm³/mol. The first-order valence-electron chi connectivity index (χ1n) is 5.96. The second-order valence-electron chi connectivity index (χ2n) is 5.38. The van der Waals surface area contributed by atoms with Gasteiger partial charge in [0.25, 0.3) is 0 Å². The third-order valence-electron chi connectivity index (χ3n) is 3.89. The van der Waals surface area contributed by atoms with E-state index >= 15 is 0 Å². The number of para-hydroxylation sites is 1. The molecule has 1 aliphatic carbocycles. The molecular formula is C14H17N3. The summed E-state index contributed by atoms with van der Waals surface area (Å²) in [6.45, 7) is 4.42. The average molecular weight is 227 g/mol. The van der Waals surface area contributed by atoms with Crippen molar-refractivity contribution in [2.24, 2.45) is 11.1 Å². The van der Waals surface area contributed by atoms with Crippen LogP contribution in [0.5, 0.6) is 0 Å². The third kappa shape index (κ3) is 1.58. The topological polar surface area (TPSA) is 43.8 Å². The minimum Gasteiger partial charge on any atom is -0.327 e. The normalized spacial score (nSPS) is 25.8. The Hall–Kier alpha value is -1.61. The number of rotatable bonds is 2. The molecule has 2 atom stereocenters. The fourth-order valence-corrected chi connectivity index (χ4v) is 2.53. The van der Waals surface area contributed by atoms with Crippen molar-refractivity contribution in [3.63, 3.8) is 0 Å². The highest BCUT2D eigenvalue weighted by Crippen LogP contribution is 2.57. The maximum atomic E-state index is 6.09. The minimum absolute atomic E-state index is 0.213. The maximum Gasteiger partial charge on any atom is 0.0645 e. The number of aromatic nitrogens is 2. The summed E-state index contributed by atoms with van der Waals surface area (Å²) in [4.78, 5) is 0. The molecule has 3 rings (SSSR count). The van der Waals surface area contributed by atoms with E-state index in [2.05, 4.69) is 37.3 Å². The van der Waals surface area contributed by atoms with Crippen LogP contribution in [-0.2, 0) is 0 Å². The molecule has 0 saturated heterocycles. The van der Waals surface area contributed by atoms with Crippen LogP contribution in [0.25, 0.3) is 5.69 Å². The van der Waals surface area contributed by atoms with Gasteiger partial charge in [-0.05, 0) is 23.1 Å². The van der Waals surface area contributed by atoms with Gasteiger partial charge in [-0.2, -0.15) is 5.10 Å². The summed E-state index contributed by atoms with van der Waals surface area (Å²) in [5.74, 6) is 0.444. The molecule has 0 aliphatic heterocycles. The van der Waals surface area contributed by atoms with Crippen molar-refractivity contribution in [1.29, 1.82) is 0 Å². The van der Waals surface area contributed by atoms with Gasteiger partial charge in [-0.25, -0.2) is 4.68 Å². The van der Waals surface area contributed by atoms with Crippen molar-refractivity contribution in [2.45, 2.75) is 25.8 Å². The second kappa shape index (κ2) is 3.44. The maximum absolute atomic E-state index is 6.09. The van der Waals surface area contributed by atoms with Crippen LogP contribution >= 0.6 is 0 Å². The number of hydrogen-bond acceptors (Lipinski definition) is 2. The van der Waals surface area contributed by atoms with E-state index in [1.54, 1.807) is 0 Å². The van der Waals surface area contributed by atoms with Crippen molar-refractivity contribution in [3.05, 3.63) is 48.3 Å². The fraction of sp³-hybridized carbons (Fsp3) is 0.357. The van der Waals surface area contributed by atoms with E-state index in [1.165, 1.54) is 5.56 Å². The van der Waals surface area contributed by atoms with E-state index in [4.69, 9.17) is 5.73 Å². The molecular weight excluding hydrogens is 210 g/mol.